The van der Waals surface area contributed by atoms with Crippen LogP contribution in [0.25, 0.3) is 10.9 Å². The molecule has 0 fully saturated rings. The first-order chi connectivity index (χ1) is 8.19. The van der Waals surface area contributed by atoms with E-state index in [1.165, 1.54) is 13.3 Å². The van der Waals surface area contributed by atoms with Crippen LogP contribution < -0.4 is 0 Å². The van der Waals surface area contributed by atoms with Gasteiger partial charge in [-0.25, -0.2) is 4.79 Å². The number of aromatic nitrogens is 2. The Morgan fingerprint density at radius 1 is 1.59 bits per heavy atom. The smallest absolute Gasteiger partial charge is 0.340 e. The highest BCUT2D eigenvalue weighted by atomic mass is 16.5. The van der Waals surface area contributed by atoms with Crippen molar-refractivity contribution in [3.63, 3.8) is 0 Å². The fourth-order valence-corrected chi connectivity index (χ4v) is 1.76. The summed E-state index contributed by atoms with van der Waals surface area (Å²) in [6.07, 6.45) is 2.91. The van der Waals surface area contributed by atoms with Gasteiger partial charge in [0.15, 0.2) is 0 Å². The van der Waals surface area contributed by atoms with Crippen LogP contribution in [0.15, 0.2) is 23.5 Å². The molecule has 0 aliphatic rings. The lowest BCUT2D eigenvalue weighted by Gasteiger charge is -2.04. The summed E-state index contributed by atoms with van der Waals surface area (Å²) in [7, 11) is 3.06. The lowest BCUT2D eigenvalue weighted by atomic mass is 10.1. The summed E-state index contributed by atoms with van der Waals surface area (Å²) in [6, 6.07) is 3.29. The van der Waals surface area contributed by atoms with E-state index in [9.17, 15) is 4.79 Å². The highest BCUT2D eigenvalue weighted by Gasteiger charge is 2.15. The second kappa shape index (κ2) is 4.25. The molecule has 2 aromatic rings. The Labute approximate surface area is 97.1 Å². The van der Waals surface area contributed by atoms with Gasteiger partial charge in [-0.15, -0.1) is 0 Å². The van der Waals surface area contributed by atoms with Crippen LogP contribution in [0, 0.1) is 0 Å². The Balaban J connectivity index is 2.77. The number of oxime groups is 1. The van der Waals surface area contributed by atoms with E-state index >= 15 is 0 Å². The molecule has 6 heteroatoms. The molecule has 2 rings (SSSR count). The number of aryl methyl sites for hydroxylation is 1. The van der Waals surface area contributed by atoms with Crippen molar-refractivity contribution in [1.29, 1.82) is 0 Å². The molecule has 0 unspecified atom stereocenters. The van der Waals surface area contributed by atoms with E-state index in [4.69, 9.17) is 9.94 Å². The molecule has 0 radical (unpaired) electrons. The van der Waals surface area contributed by atoms with Crippen LogP contribution in [0.1, 0.15) is 15.9 Å². The van der Waals surface area contributed by atoms with Gasteiger partial charge >= 0.3 is 5.97 Å². The molecule has 17 heavy (non-hydrogen) atoms. The lowest BCUT2D eigenvalue weighted by Crippen LogP contribution is -2.05. The molecular formula is C11H11N3O3. The summed E-state index contributed by atoms with van der Waals surface area (Å²) in [4.78, 5) is 11.6. The lowest BCUT2D eigenvalue weighted by molar-refractivity contribution is 0.0602. The molecular weight excluding hydrogens is 222 g/mol. The van der Waals surface area contributed by atoms with Crippen LogP contribution in [0.2, 0.25) is 0 Å². The summed E-state index contributed by atoms with van der Waals surface area (Å²) in [5, 5.41) is 16.4. The first kappa shape index (κ1) is 11.1. The topological polar surface area (TPSA) is 76.7 Å². The molecule has 0 bridgehead atoms. The molecule has 1 heterocycles. The molecule has 6 nitrogen and oxygen atoms in total. The highest BCUT2D eigenvalue weighted by Crippen LogP contribution is 2.22. The Kier molecular flexibility index (Phi) is 2.78. The molecule has 0 spiro atoms. The van der Waals surface area contributed by atoms with Gasteiger partial charge in [-0.05, 0) is 6.07 Å². The highest BCUT2D eigenvalue weighted by molar-refractivity contribution is 6.08. The zero-order valence-corrected chi connectivity index (χ0v) is 9.41. The fraction of sp³-hybridized carbons (Fsp3) is 0.182. The summed E-state index contributed by atoms with van der Waals surface area (Å²) in [5.41, 5.74) is 1.76. The fourth-order valence-electron chi connectivity index (χ4n) is 1.76. The number of esters is 1. The van der Waals surface area contributed by atoms with Gasteiger partial charge < -0.3 is 9.94 Å². The molecule has 0 saturated heterocycles. The summed E-state index contributed by atoms with van der Waals surface area (Å²) in [5.74, 6) is -0.425. The number of methoxy groups -OCH3 is 1. The van der Waals surface area contributed by atoms with E-state index < -0.39 is 5.97 Å². The Bertz CT molecular complexity index is 601. The average molecular weight is 233 g/mol. The van der Waals surface area contributed by atoms with Gasteiger partial charge in [0.1, 0.15) is 0 Å². The van der Waals surface area contributed by atoms with Gasteiger partial charge in [0, 0.05) is 18.0 Å². The van der Waals surface area contributed by atoms with E-state index in [0.29, 0.717) is 16.6 Å². The van der Waals surface area contributed by atoms with Crippen molar-refractivity contribution in [3.05, 3.63) is 29.5 Å². The standard InChI is InChI=1S/C11H11N3O3/c1-14-10-8(11(15)17-2)4-3-7(5-13-16)9(10)6-12-14/h3-6,16H,1-2H3/b13-5+. The van der Waals surface area contributed by atoms with Crippen molar-refractivity contribution in [2.24, 2.45) is 12.2 Å². The molecule has 0 aliphatic carbocycles. The van der Waals surface area contributed by atoms with Gasteiger partial charge in [-0.2, -0.15) is 5.10 Å². The average Bonchev–Trinajstić information content (AvgIpc) is 2.72. The van der Waals surface area contributed by atoms with Gasteiger partial charge in [-0.1, -0.05) is 11.2 Å². The molecule has 88 valence electrons. The van der Waals surface area contributed by atoms with Crippen LogP contribution >= 0.6 is 0 Å². The van der Waals surface area contributed by atoms with Gasteiger partial charge in [-0.3, -0.25) is 4.68 Å². The summed E-state index contributed by atoms with van der Waals surface area (Å²) < 4.78 is 6.29. The van der Waals surface area contributed by atoms with Crippen molar-refractivity contribution < 1.29 is 14.7 Å². The number of hydrogen-bond acceptors (Lipinski definition) is 5. The Morgan fingerprint density at radius 3 is 3.00 bits per heavy atom. The van der Waals surface area contributed by atoms with E-state index in [1.807, 2.05) is 0 Å². The van der Waals surface area contributed by atoms with Crippen molar-refractivity contribution >= 4 is 23.1 Å². The molecule has 1 aromatic heterocycles. The number of hydrogen-bond donors (Lipinski definition) is 1. The SMILES string of the molecule is COC(=O)c1ccc(/C=N/O)c2cnn(C)c12. The third kappa shape index (κ3) is 1.73. The second-order valence-corrected chi connectivity index (χ2v) is 3.47. The number of nitrogens with zero attached hydrogens (tertiary/aromatic N) is 3. The van der Waals surface area contributed by atoms with Gasteiger partial charge in [0.25, 0.3) is 0 Å². The minimum absolute atomic E-state index is 0.425. The third-order valence-electron chi connectivity index (χ3n) is 2.54. The zero-order valence-electron chi connectivity index (χ0n) is 9.41. The number of carbonyl (C=O) groups is 1. The molecule has 1 aromatic carbocycles. The number of rotatable bonds is 2. The second-order valence-electron chi connectivity index (χ2n) is 3.47. The maximum Gasteiger partial charge on any atom is 0.340 e. The van der Waals surface area contributed by atoms with Crippen LogP contribution in [-0.2, 0) is 11.8 Å². The normalized spacial score (nSPS) is 11.2. The Morgan fingerprint density at radius 2 is 2.35 bits per heavy atom. The van der Waals surface area contributed by atoms with E-state index in [0.717, 1.165) is 5.39 Å². The van der Waals surface area contributed by atoms with E-state index in [-0.39, 0.29) is 0 Å². The minimum atomic E-state index is -0.425. The number of ether oxygens (including phenoxy) is 1. The molecule has 0 saturated carbocycles. The van der Waals surface area contributed by atoms with Crippen molar-refractivity contribution in [2.75, 3.05) is 7.11 Å². The van der Waals surface area contributed by atoms with Gasteiger partial charge in [0.2, 0.25) is 0 Å². The van der Waals surface area contributed by atoms with Crippen molar-refractivity contribution in [3.8, 4) is 0 Å². The Hall–Kier alpha value is -2.37. The quantitative estimate of drug-likeness (QED) is 0.365. The predicted octanol–water partition coefficient (Wildman–Crippen LogP) is 1.17. The zero-order chi connectivity index (χ0) is 12.4. The maximum absolute atomic E-state index is 11.6. The number of fused-ring (bicyclic) bond motifs is 1. The summed E-state index contributed by atoms with van der Waals surface area (Å²) in [6.45, 7) is 0. The van der Waals surface area contributed by atoms with Crippen LogP contribution in [0.4, 0.5) is 0 Å². The predicted molar refractivity (Wildman–Crippen MR) is 61.4 cm³/mol. The molecule has 1 N–H and O–H groups in total. The van der Waals surface area contributed by atoms with Crippen molar-refractivity contribution in [2.45, 2.75) is 0 Å². The van der Waals surface area contributed by atoms with Crippen molar-refractivity contribution in [1.82, 2.24) is 9.78 Å². The molecule has 0 amide bonds. The van der Waals surface area contributed by atoms with E-state index in [2.05, 4.69) is 10.3 Å². The van der Waals surface area contributed by atoms with Crippen LogP contribution in [0.3, 0.4) is 0 Å². The monoisotopic (exact) mass is 233 g/mol. The van der Waals surface area contributed by atoms with Crippen LogP contribution in [-0.4, -0.2) is 34.3 Å². The molecule has 0 aliphatic heterocycles. The maximum atomic E-state index is 11.6. The largest absolute Gasteiger partial charge is 0.465 e. The number of carbonyl (C=O) groups excluding carboxylic acids is 1. The van der Waals surface area contributed by atoms with Gasteiger partial charge in [0.05, 0.1) is 30.6 Å². The third-order valence-corrected chi connectivity index (χ3v) is 2.54. The first-order valence-electron chi connectivity index (χ1n) is 4.89. The summed E-state index contributed by atoms with van der Waals surface area (Å²) >= 11 is 0. The minimum Gasteiger partial charge on any atom is -0.465 e. The van der Waals surface area contributed by atoms with Crippen LogP contribution in [0.5, 0.6) is 0 Å². The molecule has 0 atom stereocenters. The van der Waals surface area contributed by atoms with E-state index in [1.54, 1.807) is 30.1 Å². The first-order valence-corrected chi connectivity index (χ1v) is 4.89. The number of benzene rings is 1.